The van der Waals surface area contributed by atoms with Crippen molar-refractivity contribution in [1.82, 2.24) is 19.3 Å². The van der Waals surface area contributed by atoms with Gasteiger partial charge in [-0.15, -0.1) is 0 Å². The number of aromatic nitrogens is 4. The van der Waals surface area contributed by atoms with Gasteiger partial charge in [-0.25, -0.2) is 9.67 Å². The van der Waals surface area contributed by atoms with Crippen LogP contribution in [0.4, 0.5) is 5.13 Å². The van der Waals surface area contributed by atoms with Crippen LogP contribution in [0.5, 0.6) is 0 Å². The number of aryl methyl sites for hydroxylation is 2. The van der Waals surface area contributed by atoms with E-state index in [9.17, 15) is 9.59 Å². The number of hydrogen-bond donors (Lipinski definition) is 1. The lowest BCUT2D eigenvalue weighted by Crippen LogP contribution is -2.28. The molecule has 5 rings (SSSR count). The van der Waals surface area contributed by atoms with Crippen LogP contribution in [0.3, 0.4) is 0 Å². The summed E-state index contributed by atoms with van der Waals surface area (Å²) in [5.41, 5.74) is 3.65. The SMILES string of the molecule is Cc1cc(=O)n(CC(=O)Nc2nc3ccccc3s2)c2c1c(C)nn2-c1ccccc1. The third-order valence-electron chi connectivity index (χ3n) is 5.13. The lowest BCUT2D eigenvalue weighted by Gasteiger charge is -2.12. The summed E-state index contributed by atoms with van der Waals surface area (Å²) in [6, 6.07) is 18.8. The van der Waals surface area contributed by atoms with Gasteiger partial charge in [0.1, 0.15) is 12.2 Å². The predicted octanol–water partition coefficient (Wildman–Crippen LogP) is 4.05. The van der Waals surface area contributed by atoms with E-state index in [1.54, 1.807) is 10.7 Å². The van der Waals surface area contributed by atoms with Gasteiger partial charge in [0.2, 0.25) is 5.91 Å². The van der Waals surface area contributed by atoms with Crippen LogP contribution in [0, 0.1) is 13.8 Å². The number of pyridine rings is 1. The van der Waals surface area contributed by atoms with E-state index in [1.807, 2.05) is 68.4 Å². The summed E-state index contributed by atoms with van der Waals surface area (Å²) < 4.78 is 4.19. The highest BCUT2D eigenvalue weighted by Gasteiger charge is 2.19. The predicted molar refractivity (Wildman–Crippen MR) is 123 cm³/mol. The second kappa shape index (κ2) is 7.48. The van der Waals surface area contributed by atoms with Crippen LogP contribution >= 0.6 is 11.3 Å². The van der Waals surface area contributed by atoms with E-state index in [4.69, 9.17) is 0 Å². The molecule has 1 amide bonds. The molecule has 1 N–H and O–H groups in total. The summed E-state index contributed by atoms with van der Waals surface area (Å²) in [5, 5.41) is 8.87. The van der Waals surface area contributed by atoms with Crippen LogP contribution in [-0.4, -0.2) is 25.2 Å². The van der Waals surface area contributed by atoms with E-state index >= 15 is 0 Å². The number of nitrogens with one attached hydrogen (secondary N) is 1. The summed E-state index contributed by atoms with van der Waals surface area (Å²) in [7, 11) is 0. The Hall–Kier alpha value is -3.78. The Morgan fingerprint density at radius 2 is 1.81 bits per heavy atom. The fourth-order valence-electron chi connectivity index (χ4n) is 3.80. The highest BCUT2D eigenvalue weighted by atomic mass is 32.1. The Balaban J connectivity index is 1.57. The molecule has 0 radical (unpaired) electrons. The van der Waals surface area contributed by atoms with Crippen molar-refractivity contribution in [1.29, 1.82) is 0 Å². The number of carbonyl (C=O) groups excluding carboxylic acids is 1. The molecule has 0 atom stereocenters. The average molecular weight is 430 g/mol. The molecule has 2 aromatic carbocycles. The van der Waals surface area contributed by atoms with E-state index in [0.29, 0.717) is 10.8 Å². The molecule has 0 aliphatic carbocycles. The molecule has 0 spiro atoms. The van der Waals surface area contributed by atoms with Crippen LogP contribution in [0.25, 0.3) is 26.9 Å². The number of fused-ring (bicyclic) bond motifs is 2. The summed E-state index contributed by atoms with van der Waals surface area (Å²) in [5.74, 6) is -0.315. The van der Waals surface area contributed by atoms with Crippen LogP contribution in [0.2, 0.25) is 0 Å². The fourth-order valence-corrected chi connectivity index (χ4v) is 4.68. The zero-order valence-corrected chi connectivity index (χ0v) is 17.8. The lowest BCUT2D eigenvalue weighted by molar-refractivity contribution is -0.116. The van der Waals surface area contributed by atoms with E-state index in [0.717, 1.165) is 32.5 Å². The minimum absolute atomic E-state index is 0.135. The summed E-state index contributed by atoms with van der Waals surface area (Å²) in [4.78, 5) is 30.2. The normalized spacial score (nSPS) is 11.3. The van der Waals surface area contributed by atoms with Crippen LogP contribution in [0.15, 0.2) is 65.5 Å². The molecule has 8 heteroatoms. The highest BCUT2D eigenvalue weighted by Crippen LogP contribution is 2.26. The van der Waals surface area contributed by atoms with E-state index in [-0.39, 0.29) is 18.0 Å². The monoisotopic (exact) mass is 429 g/mol. The number of para-hydroxylation sites is 2. The molecule has 0 aliphatic rings. The Bertz CT molecular complexity index is 1460. The first-order valence-electron chi connectivity index (χ1n) is 9.82. The van der Waals surface area contributed by atoms with Crippen molar-refractivity contribution < 1.29 is 4.79 Å². The molecule has 154 valence electrons. The third-order valence-corrected chi connectivity index (χ3v) is 6.09. The first-order chi connectivity index (χ1) is 15.0. The van der Waals surface area contributed by atoms with Crippen LogP contribution in [-0.2, 0) is 11.3 Å². The van der Waals surface area contributed by atoms with Crippen molar-refractivity contribution in [3.63, 3.8) is 0 Å². The standard InChI is InChI=1S/C23H19N5O2S/c1-14-12-20(30)27(13-19(29)25-23-24-17-10-6-7-11-18(17)31-23)22-21(14)15(2)26-28(22)16-8-4-3-5-9-16/h3-12H,13H2,1-2H3,(H,24,25,29). The Morgan fingerprint density at radius 3 is 2.58 bits per heavy atom. The summed E-state index contributed by atoms with van der Waals surface area (Å²) in [6.07, 6.45) is 0. The van der Waals surface area contributed by atoms with E-state index < -0.39 is 0 Å². The lowest BCUT2D eigenvalue weighted by atomic mass is 10.1. The largest absolute Gasteiger partial charge is 0.300 e. The first kappa shape index (κ1) is 19.2. The van der Waals surface area contributed by atoms with Gasteiger partial charge in [-0.2, -0.15) is 5.10 Å². The molecule has 5 aromatic rings. The summed E-state index contributed by atoms with van der Waals surface area (Å²) >= 11 is 1.40. The van der Waals surface area contributed by atoms with Crippen LogP contribution in [0.1, 0.15) is 11.3 Å². The highest BCUT2D eigenvalue weighted by molar-refractivity contribution is 7.22. The maximum atomic E-state index is 12.9. The van der Waals surface area contributed by atoms with Crippen molar-refractivity contribution in [2.45, 2.75) is 20.4 Å². The topological polar surface area (TPSA) is 81.8 Å². The number of carbonyl (C=O) groups is 1. The molecule has 0 saturated carbocycles. The van der Waals surface area contributed by atoms with Gasteiger partial charge in [-0.1, -0.05) is 41.7 Å². The minimum Gasteiger partial charge on any atom is -0.300 e. The number of hydrogen-bond acceptors (Lipinski definition) is 5. The van der Waals surface area contributed by atoms with Crippen LogP contribution < -0.4 is 10.9 Å². The molecule has 3 heterocycles. The smallest absolute Gasteiger partial charge is 0.252 e. The van der Waals surface area contributed by atoms with Gasteiger partial charge in [-0.05, 0) is 43.7 Å². The molecular formula is C23H19N5O2S. The molecule has 0 saturated heterocycles. The summed E-state index contributed by atoms with van der Waals surface area (Å²) in [6.45, 7) is 3.66. The molecule has 0 aliphatic heterocycles. The molecular weight excluding hydrogens is 410 g/mol. The van der Waals surface area contributed by atoms with Crippen molar-refractivity contribution in [2.75, 3.05) is 5.32 Å². The second-order valence-corrected chi connectivity index (χ2v) is 8.35. The Morgan fingerprint density at radius 1 is 1.06 bits per heavy atom. The molecule has 0 bridgehead atoms. The second-order valence-electron chi connectivity index (χ2n) is 7.32. The maximum Gasteiger partial charge on any atom is 0.252 e. The molecule has 7 nitrogen and oxygen atoms in total. The number of rotatable bonds is 4. The molecule has 31 heavy (non-hydrogen) atoms. The Kier molecular flexibility index (Phi) is 4.63. The molecule has 0 fully saturated rings. The van der Waals surface area contributed by atoms with Gasteiger partial charge in [0.25, 0.3) is 5.56 Å². The number of nitrogens with zero attached hydrogens (tertiary/aromatic N) is 4. The number of anilines is 1. The average Bonchev–Trinajstić information content (AvgIpc) is 3.32. The minimum atomic E-state index is -0.315. The van der Waals surface area contributed by atoms with Gasteiger partial charge in [-0.3, -0.25) is 14.2 Å². The fraction of sp³-hybridized carbons (Fsp3) is 0.130. The quantitative estimate of drug-likeness (QED) is 0.467. The van der Waals surface area contributed by atoms with Crippen molar-refractivity contribution in [2.24, 2.45) is 0 Å². The zero-order valence-electron chi connectivity index (χ0n) is 17.0. The van der Waals surface area contributed by atoms with Gasteiger partial charge in [0.05, 0.1) is 21.6 Å². The third kappa shape index (κ3) is 3.40. The molecule has 3 aromatic heterocycles. The number of benzene rings is 2. The van der Waals surface area contributed by atoms with Crippen molar-refractivity contribution in [3.05, 3.63) is 82.3 Å². The van der Waals surface area contributed by atoms with E-state index in [1.165, 1.54) is 15.9 Å². The number of thiazole rings is 1. The Labute approximate surface area is 181 Å². The van der Waals surface area contributed by atoms with E-state index in [2.05, 4.69) is 15.4 Å². The van der Waals surface area contributed by atoms with Gasteiger partial charge in [0, 0.05) is 11.5 Å². The van der Waals surface area contributed by atoms with Crippen molar-refractivity contribution >= 4 is 43.6 Å². The zero-order chi connectivity index (χ0) is 21.5. The molecule has 0 unspecified atom stereocenters. The number of amides is 1. The first-order valence-corrected chi connectivity index (χ1v) is 10.6. The maximum absolute atomic E-state index is 12.9. The van der Waals surface area contributed by atoms with Crippen molar-refractivity contribution in [3.8, 4) is 5.69 Å². The van der Waals surface area contributed by atoms with Gasteiger partial charge >= 0.3 is 0 Å². The van der Waals surface area contributed by atoms with Gasteiger partial charge < -0.3 is 5.32 Å². The van der Waals surface area contributed by atoms with Gasteiger partial charge in [0.15, 0.2) is 5.13 Å².